The van der Waals surface area contributed by atoms with Gasteiger partial charge in [-0.15, -0.1) is 0 Å². The molecule has 1 saturated heterocycles. The van der Waals surface area contributed by atoms with E-state index in [2.05, 4.69) is 13.8 Å². The van der Waals surface area contributed by atoms with Crippen molar-refractivity contribution in [2.24, 2.45) is 11.8 Å². The molecule has 1 aliphatic carbocycles. The summed E-state index contributed by atoms with van der Waals surface area (Å²) in [5, 5.41) is 0. The van der Waals surface area contributed by atoms with Crippen molar-refractivity contribution in [1.82, 2.24) is 0 Å². The fraction of sp³-hybridized carbons (Fsp3) is 0.900. The van der Waals surface area contributed by atoms with Crippen LogP contribution in [0.3, 0.4) is 0 Å². The molecule has 2 heteroatoms. The Balaban J connectivity index is 2.07. The lowest BCUT2D eigenvalue weighted by Crippen LogP contribution is -2.33. The van der Waals surface area contributed by atoms with Crippen molar-refractivity contribution in [3.05, 3.63) is 0 Å². The lowest BCUT2D eigenvalue weighted by atomic mass is 9.77. The first kappa shape index (κ1) is 8.24. The molecular formula is C10H16O2. The number of ether oxygens (including phenoxy) is 1. The maximum absolute atomic E-state index is 11.5. The summed E-state index contributed by atoms with van der Waals surface area (Å²) >= 11 is 0. The molecule has 0 aromatic heterocycles. The first-order valence-corrected chi connectivity index (χ1v) is 4.75. The first-order chi connectivity index (χ1) is 5.54. The Kier molecular flexibility index (Phi) is 1.59. The molecule has 2 nitrogen and oxygen atoms in total. The van der Waals surface area contributed by atoms with Crippen molar-refractivity contribution in [1.29, 1.82) is 0 Å². The SMILES string of the molecule is CC(C)[C@@H]1CC(=O)[C@@]2(C)OC2C1. The van der Waals surface area contributed by atoms with E-state index < -0.39 is 0 Å². The van der Waals surface area contributed by atoms with E-state index >= 15 is 0 Å². The average Bonchev–Trinajstić information content (AvgIpc) is 2.62. The highest BCUT2D eigenvalue weighted by molar-refractivity contribution is 5.91. The zero-order valence-electron chi connectivity index (χ0n) is 7.96. The normalized spacial score (nSPS) is 46.2. The maximum Gasteiger partial charge on any atom is 0.167 e. The second-order valence-electron chi connectivity index (χ2n) is 4.58. The predicted octanol–water partition coefficient (Wildman–Crippen LogP) is 1.78. The molecule has 1 saturated carbocycles. The van der Waals surface area contributed by atoms with Crippen molar-refractivity contribution in [3.8, 4) is 0 Å². The van der Waals surface area contributed by atoms with Crippen molar-refractivity contribution in [2.45, 2.75) is 45.3 Å². The maximum atomic E-state index is 11.5. The molecule has 3 atom stereocenters. The highest BCUT2D eigenvalue weighted by Gasteiger charge is 2.61. The number of carbonyl (C=O) groups excluding carboxylic acids is 1. The summed E-state index contributed by atoms with van der Waals surface area (Å²) in [6, 6.07) is 0. The van der Waals surface area contributed by atoms with Gasteiger partial charge in [-0.3, -0.25) is 4.79 Å². The summed E-state index contributed by atoms with van der Waals surface area (Å²) in [7, 11) is 0. The molecule has 0 aromatic carbocycles. The van der Waals surface area contributed by atoms with Gasteiger partial charge in [-0.05, 0) is 25.2 Å². The lowest BCUT2D eigenvalue weighted by Gasteiger charge is -2.24. The van der Waals surface area contributed by atoms with Crippen molar-refractivity contribution in [3.63, 3.8) is 0 Å². The van der Waals surface area contributed by atoms with Gasteiger partial charge in [0, 0.05) is 6.42 Å². The van der Waals surface area contributed by atoms with E-state index in [0.29, 0.717) is 17.6 Å². The van der Waals surface area contributed by atoms with Crippen molar-refractivity contribution >= 4 is 5.78 Å². The number of rotatable bonds is 1. The van der Waals surface area contributed by atoms with Gasteiger partial charge in [0.2, 0.25) is 0 Å². The molecule has 0 N–H and O–H groups in total. The van der Waals surface area contributed by atoms with Gasteiger partial charge in [0.05, 0.1) is 6.10 Å². The summed E-state index contributed by atoms with van der Waals surface area (Å²) in [5.74, 6) is 1.48. The molecule has 0 amide bonds. The molecule has 2 rings (SSSR count). The average molecular weight is 168 g/mol. The molecule has 0 spiro atoms. The van der Waals surface area contributed by atoms with Crippen molar-refractivity contribution in [2.75, 3.05) is 0 Å². The van der Waals surface area contributed by atoms with E-state index in [1.807, 2.05) is 6.92 Å². The van der Waals surface area contributed by atoms with E-state index in [9.17, 15) is 4.79 Å². The van der Waals surface area contributed by atoms with Gasteiger partial charge < -0.3 is 4.74 Å². The van der Waals surface area contributed by atoms with E-state index in [-0.39, 0.29) is 11.7 Å². The number of Topliss-reactive ketones (excluding diaryl/α,β-unsaturated/α-hetero) is 1. The Bertz CT molecular complexity index is 222. The molecule has 68 valence electrons. The zero-order valence-corrected chi connectivity index (χ0v) is 7.96. The lowest BCUT2D eigenvalue weighted by molar-refractivity contribution is -0.125. The molecule has 1 heterocycles. The molecule has 0 radical (unpaired) electrons. The van der Waals surface area contributed by atoms with Gasteiger partial charge in [-0.1, -0.05) is 13.8 Å². The third-order valence-corrected chi connectivity index (χ3v) is 3.41. The highest BCUT2D eigenvalue weighted by atomic mass is 16.6. The van der Waals surface area contributed by atoms with Crippen LogP contribution in [0, 0.1) is 11.8 Å². The summed E-state index contributed by atoms with van der Waals surface area (Å²) in [6.45, 7) is 6.29. The Hall–Kier alpha value is -0.370. The van der Waals surface area contributed by atoms with Gasteiger partial charge >= 0.3 is 0 Å². The second kappa shape index (κ2) is 2.32. The molecule has 12 heavy (non-hydrogen) atoms. The van der Waals surface area contributed by atoms with Crippen LogP contribution in [0.5, 0.6) is 0 Å². The topological polar surface area (TPSA) is 29.6 Å². The van der Waals surface area contributed by atoms with Crippen LogP contribution in [0.2, 0.25) is 0 Å². The fourth-order valence-electron chi connectivity index (χ4n) is 2.09. The summed E-state index contributed by atoms with van der Waals surface area (Å²) in [4.78, 5) is 11.5. The number of ketones is 1. The van der Waals surface area contributed by atoms with Crippen LogP contribution in [0.4, 0.5) is 0 Å². The van der Waals surface area contributed by atoms with Gasteiger partial charge in [0.1, 0.15) is 5.60 Å². The molecule has 2 aliphatic rings. The molecule has 1 unspecified atom stereocenters. The zero-order chi connectivity index (χ0) is 8.93. The van der Waals surface area contributed by atoms with Gasteiger partial charge in [0.15, 0.2) is 5.78 Å². The van der Waals surface area contributed by atoms with E-state index in [0.717, 1.165) is 12.8 Å². The number of hydrogen-bond acceptors (Lipinski definition) is 2. The summed E-state index contributed by atoms with van der Waals surface area (Å²) in [5.41, 5.74) is -0.370. The minimum atomic E-state index is -0.370. The van der Waals surface area contributed by atoms with Crippen LogP contribution in [0.15, 0.2) is 0 Å². The Labute approximate surface area is 73.3 Å². The Morgan fingerprint density at radius 3 is 2.75 bits per heavy atom. The van der Waals surface area contributed by atoms with E-state index in [1.54, 1.807) is 0 Å². The number of epoxide rings is 1. The third kappa shape index (κ3) is 1.01. The quantitative estimate of drug-likeness (QED) is 0.558. The minimum absolute atomic E-state index is 0.242. The van der Waals surface area contributed by atoms with E-state index in [1.165, 1.54) is 0 Å². The Morgan fingerprint density at radius 2 is 2.25 bits per heavy atom. The molecule has 0 bridgehead atoms. The van der Waals surface area contributed by atoms with Crippen LogP contribution < -0.4 is 0 Å². The van der Waals surface area contributed by atoms with Crippen LogP contribution in [0.25, 0.3) is 0 Å². The van der Waals surface area contributed by atoms with Crippen LogP contribution in [-0.2, 0) is 9.53 Å². The van der Waals surface area contributed by atoms with Gasteiger partial charge in [0.25, 0.3) is 0 Å². The molecule has 1 aliphatic heterocycles. The fourth-order valence-corrected chi connectivity index (χ4v) is 2.09. The van der Waals surface area contributed by atoms with Gasteiger partial charge in [-0.25, -0.2) is 0 Å². The van der Waals surface area contributed by atoms with Gasteiger partial charge in [-0.2, -0.15) is 0 Å². The molecule has 0 aromatic rings. The molecule has 2 fully saturated rings. The van der Waals surface area contributed by atoms with Crippen LogP contribution >= 0.6 is 0 Å². The monoisotopic (exact) mass is 168 g/mol. The highest BCUT2D eigenvalue weighted by Crippen LogP contribution is 2.48. The largest absolute Gasteiger partial charge is 0.358 e. The number of fused-ring (bicyclic) bond motifs is 1. The molecular weight excluding hydrogens is 152 g/mol. The predicted molar refractivity (Wildman–Crippen MR) is 45.8 cm³/mol. The minimum Gasteiger partial charge on any atom is -0.358 e. The standard InChI is InChI=1S/C10H16O2/c1-6(2)7-4-8(11)10(3)9(5-7)12-10/h6-7,9H,4-5H2,1-3H3/t7-,9?,10-/m1/s1. The summed E-state index contributed by atoms with van der Waals surface area (Å²) < 4.78 is 5.41. The smallest absolute Gasteiger partial charge is 0.167 e. The van der Waals surface area contributed by atoms with Crippen molar-refractivity contribution < 1.29 is 9.53 Å². The van der Waals surface area contributed by atoms with E-state index in [4.69, 9.17) is 4.74 Å². The third-order valence-electron chi connectivity index (χ3n) is 3.41. The summed E-state index contributed by atoms with van der Waals surface area (Å²) in [6.07, 6.45) is 2.05. The number of carbonyl (C=O) groups is 1. The number of hydrogen-bond donors (Lipinski definition) is 0. The Morgan fingerprint density at radius 1 is 1.58 bits per heavy atom. The van der Waals surface area contributed by atoms with Crippen LogP contribution in [-0.4, -0.2) is 17.5 Å². The van der Waals surface area contributed by atoms with Crippen LogP contribution in [0.1, 0.15) is 33.6 Å². The second-order valence-corrected chi connectivity index (χ2v) is 4.58. The first-order valence-electron chi connectivity index (χ1n) is 4.75.